The molecule has 3 nitrogen and oxygen atoms in total. The van der Waals surface area contributed by atoms with E-state index in [4.69, 9.17) is 9.47 Å². The van der Waals surface area contributed by atoms with Crippen LogP contribution in [0.1, 0.15) is 44.3 Å². The van der Waals surface area contributed by atoms with E-state index in [1.807, 2.05) is 6.07 Å². The SMILES string of the molecule is COc1ccc(C2CNC3(CCCC(C)C3)CO2)cc1F. The summed E-state index contributed by atoms with van der Waals surface area (Å²) in [5, 5.41) is 3.68. The number of rotatable bonds is 2. The summed E-state index contributed by atoms with van der Waals surface area (Å²) in [6.07, 6.45) is 4.86. The van der Waals surface area contributed by atoms with Gasteiger partial charge in [-0.1, -0.05) is 25.8 Å². The fourth-order valence-electron chi connectivity index (χ4n) is 3.73. The maximum atomic E-state index is 13.8. The van der Waals surface area contributed by atoms with Crippen LogP contribution < -0.4 is 10.1 Å². The summed E-state index contributed by atoms with van der Waals surface area (Å²) in [6.45, 7) is 3.78. The average molecular weight is 293 g/mol. The largest absolute Gasteiger partial charge is 0.494 e. The molecule has 3 rings (SSSR count). The van der Waals surface area contributed by atoms with Crippen molar-refractivity contribution in [2.24, 2.45) is 5.92 Å². The summed E-state index contributed by atoms with van der Waals surface area (Å²) in [7, 11) is 1.48. The maximum Gasteiger partial charge on any atom is 0.165 e. The van der Waals surface area contributed by atoms with Gasteiger partial charge in [-0.2, -0.15) is 0 Å². The number of hydrogen-bond donors (Lipinski definition) is 1. The van der Waals surface area contributed by atoms with Crippen molar-refractivity contribution in [2.45, 2.75) is 44.2 Å². The standard InChI is InChI=1S/C17H24FNO2/c1-12-4-3-7-17(9-12)11-21-16(10-19-17)13-5-6-15(20-2)14(18)8-13/h5-6,8,12,16,19H,3-4,7,9-11H2,1-2H3. The number of methoxy groups -OCH3 is 1. The molecule has 4 heteroatoms. The topological polar surface area (TPSA) is 30.5 Å². The average Bonchev–Trinajstić information content (AvgIpc) is 2.48. The summed E-state index contributed by atoms with van der Waals surface area (Å²) in [4.78, 5) is 0. The molecule has 1 aromatic carbocycles. The van der Waals surface area contributed by atoms with Gasteiger partial charge in [0, 0.05) is 12.1 Å². The zero-order chi connectivity index (χ0) is 14.9. The molecule has 2 aliphatic rings. The number of morpholine rings is 1. The fraction of sp³-hybridized carbons (Fsp3) is 0.647. The van der Waals surface area contributed by atoms with E-state index in [2.05, 4.69) is 12.2 Å². The maximum absolute atomic E-state index is 13.8. The molecule has 1 aliphatic carbocycles. The Morgan fingerprint density at radius 2 is 2.29 bits per heavy atom. The molecular formula is C17H24FNO2. The molecular weight excluding hydrogens is 269 g/mol. The zero-order valence-electron chi connectivity index (χ0n) is 12.8. The van der Waals surface area contributed by atoms with E-state index < -0.39 is 0 Å². The Morgan fingerprint density at radius 3 is 2.90 bits per heavy atom. The first-order chi connectivity index (χ1) is 10.1. The normalized spacial score (nSPS) is 33.1. The van der Waals surface area contributed by atoms with Gasteiger partial charge < -0.3 is 14.8 Å². The van der Waals surface area contributed by atoms with Crippen molar-refractivity contribution in [2.75, 3.05) is 20.3 Å². The molecule has 1 saturated carbocycles. The van der Waals surface area contributed by atoms with Crippen molar-refractivity contribution >= 4 is 0 Å². The minimum Gasteiger partial charge on any atom is -0.494 e. The Labute approximate surface area is 125 Å². The quantitative estimate of drug-likeness (QED) is 0.906. The Bertz CT molecular complexity index is 498. The van der Waals surface area contributed by atoms with Crippen LogP contribution in [0.25, 0.3) is 0 Å². The first kappa shape index (κ1) is 14.8. The van der Waals surface area contributed by atoms with Gasteiger partial charge in [0.25, 0.3) is 0 Å². The smallest absolute Gasteiger partial charge is 0.165 e. The van der Waals surface area contributed by atoms with E-state index >= 15 is 0 Å². The molecule has 2 fully saturated rings. The number of nitrogens with one attached hydrogen (secondary N) is 1. The zero-order valence-corrected chi connectivity index (χ0v) is 12.8. The molecule has 1 aromatic rings. The lowest BCUT2D eigenvalue weighted by Crippen LogP contribution is -2.57. The van der Waals surface area contributed by atoms with Crippen molar-refractivity contribution in [1.29, 1.82) is 0 Å². The molecule has 3 unspecified atom stereocenters. The Balaban J connectivity index is 1.66. The highest BCUT2D eigenvalue weighted by molar-refractivity contribution is 5.31. The molecule has 0 amide bonds. The fourth-order valence-corrected chi connectivity index (χ4v) is 3.73. The van der Waals surface area contributed by atoms with Gasteiger partial charge in [-0.05, 0) is 36.5 Å². The van der Waals surface area contributed by atoms with Crippen LogP contribution in [0.5, 0.6) is 5.75 Å². The van der Waals surface area contributed by atoms with Crippen LogP contribution >= 0.6 is 0 Å². The Morgan fingerprint density at radius 1 is 1.43 bits per heavy atom. The van der Waals surface area contributed by atoms with Crippen molar-refractivity contribution in [1.82, 2.24) is 5.32 Å². The minimum atomic E-state index is -0.329. The lowest BCUT2D eigenvalue weighted by Gasteiger charge is -2.45. The van der Waals surface area contributed by atoms with E-state index in [1.54, 1.807) is 6.07 Å². The lowest BCUT2D eigenvalue weighted by molar-refractivity contribution is -0.0528. The minimum absolute atomic E-state index is 0.0757. The van der Waals surface area contributed by atoms with Gasteiger partial charge in [0.1, 0.15) is 0 Å². The third-order valence-corrected chi connectivity index (χ3v) is 4.86. The monoisotopic (exact) mass is 293 g/mol. The first-order valence-electron chi connectivity index (χ1n) is 7.82. The van der Waals surface area contributed by atoms with Crippen molar-refractivity contribution in [3.63, 3.8) is 0 Å². The highest BCUT2D eigenvalue weighted by atomic mass is 19.1. The summed E-state index contributed by atoms with van der Waals surface area (Å²) >= 11 is 0. The summed E-state index contributed by atoms with van der Waals surface area (Å²) in [5.74, 6) is 0.704. The molecule has 3 atom stereocenters. The molecule has 1 N–H and O–H groups in total. The van der Waals surface area contributed by atoms with Crippen LogP contribution in [0, 0.1) is 11.7 Å². The molecule has 0 aromatic heterocycles. The van der Waals surface area contributed by atoms with Gasteiger partial charge in [0.05, 0.1) is 19.8 Å². The highest BCUT2D eigenvalue weighted by Gasteiger charge is 2.39. The molecule has 1 spiro atoms. The molecule has 21 heavy (non-hydrogen) atoms. The second-order valence-corrected chi connectivity index (χ2v) is 6.56. The van der Waals surface area contributed by atoms with Crippen LogP contribution in [-0.4, -0.2) is 25.8 Å². The molecule has 1 saturated heterocycles. The lowest BCUT2D eigenvalue weighted by atomic mass is 9.76. The van der Waals surface area contributed by atoms with Gasteiger partial charge in [0.15, 0.2) is 11.6 Å². The van der Waals surface area contributed by atoms with E-state index in [0.717, 1.165) is 24.6 Å². The highest BCUT2D eigenvalue weighted by Crippen LogP contribution is 2.36. The molecule has 0 radical (unpaired) electrons. The Kier molecular flexibility index (Phi) is 4.18. The summed E-state index contributed by atoms with van der Waals surface area (Å²) in [6, 6.07) is 5.07. The van der Waals surface area contributed by atoms with Crippen molar-refractivity contribution in [3.8, 4) is 5.75 Å². The van der Waals surface area contributed by atoms with E-state index in [1.165, 1.54) is 38.9 Å². The van der Waals surface area contributed by atoms with Gasteiger partial charge in [-0.3, -0.25) is 0 Å². The third kappa shape index (κ3) is 3.06. The van der Waals surface area contributed by atoms with Crippen LogP contribution in [0.3, 0.4) is 0 Å². The van der Waals surface area contributed by atoms with Crippen LogP contribution in [0.2, 0.25) is 0 Å². The molecule has 1 heterocycles. The number of benzene rings is 1. The third-order valence-electron chi connectivity index (χ3n) is 4.86. The van der Waals surface area contributed by atoms with E-state index in [-0.39, 0.29) is 23.2 Å². The van der Waals surface area contributed by atoms with E-state index in [9.17, 15) is 4.39 Å². The van der Waals surface area contributed by atoms with Gasteiger partial charge in [0.2, 0.25) is 0 Å². The van der Waals surface area contributed by atoms with Gasteiger partial charge in [-0.15, -0.1) is 0 Å². The summed E-state index contributed by atoms with van der Waals surface area (Å²) < 4.78 is 24.8. The summed E-state index contributed by atoms with van der Waals surface area (Å²) in [5.41, 5.74) is 1.01. The number of hydrogen-bond acceptors (Lipinski definition) is 3. The van der Waals surface area contributed by atoms with Crippen molar-refractivity contribution in [3.05, 3.63) is 29.6 Å². The van der Waals surface area contributed by atoms with Crippen molar-refractivity contribution < 1.29 is 13.9 Å². The second-order valence-electron chi connectivity index (χ2n) is 6.56. The number of halogens is 1. The Hall–Kier alpha value is -1.13. The first-order valence-corrected chi connectivity index (χ1v) is 7.82. The molecule has 0 bridgehead atoms. The van der Waals surface area contributed by atoms with Gasteiger partial charge >= 0.3 is 0 Å². The number of ether oxygens (including phenoxy) is 2. The van der Waals surface area contributed by atoms with Crippen LogP contribution in [-0.2, 0) is 4.74 Å². The molecule has 1 aliphatic heterocycles. The van der Waals surface area contributed by atoms with Crippen LogP contribution in [0.15, 0.2) is 18.2 Å². The van der Waals surface area contributed by atoms with E-state index in [0.29, 0.717) is 0 Å². The van der Waals surface area contributed by atoms with Crippen LogP contribution in [0.4, 0.5) is 4.39 Å². The van der Waals surface area contributed by atoms with Gasteiger partial charge in [-0.25, -0.2) is 4.39 Å². The predicted molar refractivity (Wildman–Crippen MR) is 80.0 cm³/mol. The predicted octanol–water partition coefficient (Wildman–Crippen LogP) is 3.44. The second kappa shape index (κ2) is 5.93. The molecule has 116 valence electrons.